The van der Waals surface area contributed by atoms with E-state index < -0.39 is 0 Å². The molecule has 0 aliphatic heterocycles. The molecule has 3 heteroatoms. The highest BCUT2D eigenvalue weighted by atomic mass is 16.3. The summed E-state index contributed by atoms with van der Waals surface area (Å²) in [6.45, 7) is 9.49. The summed E-state index contributed by atoms with van der Waals surface area (Å²) in [6.07, 6.45) is 5.15. The number of aliphatic hydroxyl groups is 1. The van der Waals surface area contributed by atoms with Gasteiger partial charge in [0.2, 0.25) is 5.91 Å². The Kier molecular flexibility index (Phi) is 6.38. The fraction of sp³-hybridized carbons (Fsp3) is 0.417. The van der Waals surface area contributed by atoms with Crippen molar-refractivity contribution in [3.8, 4) is 0 Å². The first-order valence-corrected chi connectivity index (χ1v) is 4.95. The predicted octanol–water partition coefficient (Wildman–Crippen LogP) is 1.86. The van der Waals surface area contributed by atoms with Gasteiger partial charge >= 0.3 is 0 Å². The first-order valence-electron chi connectivity index (χ1n) is 4.95. The highest BCUT2D eigenvalue weighted by Crippen LogP contribution is 2.05. The number of amides is 1. The second kappa shape index (κ2) is 7.01. The molecule has 0 aliphatic rings. The van der Waals surface area contributed by atoms with E-state index in [1.807, 2.05) is 13.8 Å². The third-order valence-electron chi connectivity index (χ3n) is 2.11. The summed E-state index contributed by atoms with van der Waals surface area (Å²) in [5, 5.41) is 8.89. The monoisotopic (exact) mass is 209 g/mol. The number of carbonyl (C=O) groups excluding carboxylic acids is 1. The van der Waals surface area contributed by atoms with Gasteiger partial charge < -0.3 is 10.0 Å². The molecule has 1 N–H and O–H groups in total. The Morgan fingerprint density at radius 1 is 1.40 bits per heavy atom. The standard InChI is InChI=1S/C12H19NO2/c1-5-12(9-14)8-7-10(3)13(6-2)11(4)15/h5,7-8,14H,1,6,9H2,2-4H3/b10-7+,12-8+. The van der Waals surface area contributed by atoms with Gasteiger partial charge in [-0.1, -0.05) is 18.7 Å². The molecule has 0 unspecified atom stereocenters. The van der Waals surface area contributed by atoms with Crippen LogP contribution in [0.1, 0.15) is 20.8 Å². The van der Waals surface area contributed by atoms with Crippen LogP contribution in [0.3, 0.4) is 0 Å². The molecule has 0 heterocycles. The van der Waals surface area contributed by atoms with Crippen LogP contribution in [0.25, 0.3) is 0 Å². The molecule has 0 fully saturated rings. The summed E-state index contributed by atoms with van der Waals surface area (Å²) in [4.78, 5) is 12.9. The van der Waals surface area contributed by atoms with Crippen LogP contribution in [0.5, 0.6) is 0 Å². The van der Waals surface area contributed by atoms with Crippen molar-refractivity contribution in [1.82, 2.24) is 4.90 Å². The second-order valence-corrected chi connectivity index (χ2v) is 3.18. The van der Waals surface area contributed by atoms with Gasteiger partial charge in [0.05, 0.1) is 6.61 Å². The third-order valence-corrected chi connectivity index (χ3v) is 2.11. The van der Waals surface area contributed by atoms with Crippen molar-refractivity contribution >= 4 is 5.91 Å². The van der Waals surface area contributed by atoms with Crippen LogP contribution >= 0.6 is 0 Å². The molecule has 0 aromatic heterocycles. The molecule has 15 heavy (non-hydrogen) atoms. The van der Waals surface area contributed by atoms with Crippen molar-refractivity contribution in [3.63, 3.8) is 0 Å². The fourth-order valence-corrected chi connectivity index (χ4v) is 1.22. The minimum Gasteiger partial charge on any atom is -0.392 e. The molecule has 0 aliphatic carbocycles. The minimum atomic E-state index is -0.0422. The van der Waals surface area contributed by atoms with Crippen LogP contribution in [0, 0.1) is 0 Å². The summed E-state index contributed by atoms with van der Waals surface area (Å²) in [6, 6.07) is 0. The molecule has 0 saturated heterocycles. The Labute approximate surface area is 91.4 Å². The van der Waals surface area contributed by atoms with Gasteiger partial charge in [0.1, 0.15) is 0 Å². The van der Waals surface area contributed by atoms with Crippen LogP contribution < -0.4 is 0 Å². The van der Waals surface area contributed by atoms with Crippen molar-refractivity contribution < 1.29 is 9.90 Å². The first kappa shape index (κ1) is 13.7. The first-order chi connectivity index (χ1) is 7.06. The van der Waals surface area contributed by atoms with E-state index in [0.29, 0.717) is 6.54 Å². The zero-order valence-corrected chi connectivity index (χ0v) is 9.66. The highest BCUT2D eigenvalue weighted by molar-refractivity contribution is 5.75. The molecular weight excluding hydrogens is 190 g/mol. The summed E-state index contributed by atoms with van der Waals surface area (Å²) >= 11 is 0. The summed E-state index contributed by atoms with van der Waals surface area (Å²) in [7, 11) is 0. The summed E-state index contributed by atoms with van der Waals surface area (Å²) in [5.74, 6) is 0.0174. The maximum absolute atomic E-state index is 11.2. The molecule has 0 radical (unpaired) electrons. The molecule has 0 spiro atoms. The Morgan fingerprint density at radius 3 is 2.33 bits per heavy atom. The lowest BCUT2D eigenvalue weighted by atomic mass is 10.2. The van der Waals surface area contributed by atoms with E-state index >= 15 is 0 Å². The van der Waals surface area contributed by atoms with Gasteiger partial charge in [-0.3, -0.25) is 4.79 Å². The number of nitrogens with zero attached hydrogens (tertiary/aromatic N) is 1. The normalized spacial score (nSPS) is 12.5. The number of carbonyl (C=O) groups is 1. The highest BCUT2D eigenvalue weighted by Gasteiger charge is 2.06. The Balaban J connectivity index is 4.74. The topological polar surface area (TPSA) is 40.5 Å². The van der Waals surface area contributed by atoms with E-state index in [1.165, 1.54) is 6.92 Å². The van der Waals surface area contributed by atoms with Crippen molar-refractivity contribution in [3.05, 3.63) is 36.1 Å². The molecule has 0 atom stereocenters. The van der Waals surface area contributed by atoms with Gasteiger partial charge in [0.25, 0.3) is 0 Å². The van der Waals surface area contributed by atoms with Crippen LogP contribution in [-0.4, -0.2) is 29.1 Å². The fourth-order valence-electron chi connectivity index (χ4n) is 1.22. The van der Waals surface area contributed by atoms with E-state index in [9.17, 15) is 4.79 Å². The van der Waals surface area contributed by atoms with Gasteiger partial charge in [-0.2, -0.15) is 0 Å². The average Bonchev–Trinajstić information content (AvgIpc) is 2.19. The number of rotatable bonds is 5. The molecule has 84 valence electrons. The molecule has 0 bridgehead atoms. The molecule has 1 amide bonds. The van der Waals surface area contributed by atoms with Crippen LogP contribution in [0.2, 0.25) is 0 Å². The van der Waals surface area contributed by atoms with Gasteiger partial charge in [0.15, 0.2) is 0 Å². The molecule has 0 aromatic carbocycles. The molecule has 0 aromatic rings. The van der Waals surface area contributed by atoms with Crippen molar-refractivity contribution in [2.45, 2.75) is 20.8 Å². The van der Waals surface area contributed by atoms with E-state index in [2.05, 4.69) is 6.58 Å². The van der Waals surface area contributed by atoms with E-state index in [0.717, 1.165) is 11.3 Å². The van der Waals surface area contributed by atoms with Gasteiger partial charge in [-0.05, 0) is 25.5 Å². The Morgan fingerprint density at radius 2 is 2.00 bits per heavy atom. The quantitative estimate of drug-likeness (QED) is 0.702. The zero-order valence-electron chi connectivity index (χ0n) is 9.66. The Hall–Kier alpha value is -1.35. The number of aliphatic hydroxyl groups excluding tert-OH is 1. The minimum absolute atomic E-state index is 0.0174. The van der Waals surface area contributed by atoms with Crippen LogP contribution in [-0.2, 0) is 4.79 Å². The smallest absolute Gasteiger partial charge is 0.223 e. The second-order valence-electron chi connectivity index (χ2n) is 3.18. The van der Waals surface area contributed by atoms with Crippen LogP contribution in [0.15, 0.2) is 36.1 Å². The number of hydrogen-bond acceptors (Lipinski definition) is 2. The van der Waals surface area contributed by atoms with E-state index in [4.69, 9.17) is 5.11 Å². The third kappa shape index (κ3) is 4.61. The SMILES string of the molecule is C=C/C(=C\C=C(/C)N(CC)C(C)=O)CO. The number of hydrogen-bond donors (Lipinski definition) is 1. The summed E-state index contributed by atoms with van der Waals surface area (Å²) in [5.41, 5.74) is 1.59. The largest absolute Gasteiger partial charge is 0.392 e. The van der Waals surface area contributed by atoms with E-state index in [1.54, 1.807) is 23.1 Å². The maximum Gasteiger partial charge on any atom is 0.223 e. The van der Waals surface area contributed by atoms with Gasteiger partial charge in [0, 0.05) is 19.2 Å². The van der Waals surface area contributed by atoms with Crippen molar-refractivity contribution in [2.24, 2.45) is 0 Å². The Bertz CT molecular complexity index is 290. The van der Waals surface area contributed by atoms with Gasteiger partial charge in [-0.15, -0.1) is 0 Å². The lowest BCUT2D eigenvalue weighted by molar-refractivity contribution is -0.126. The predicted molar refractivity (Wildman–Crippen MR) is 62.2 cm³/mol. The van der Waals surface area contributed by atoms with Gasteiger partial charge in [-0.25, -0.2) is 0 Å². The molecular formula is C12H19NO2. The zero-order chi connectivity index (χ0) is 11.8. The molecule has 0 rings (SSSR count). The summed E-state index contributed by atoms with van der Waals surface area (Å²) < 4.78 is 0. The van der Waals surface area contributed by atoms with Crippen molar-refractivity contribution in [1.29, 1.82) is 0 Å². The lowest BCUT2D eigenvalue weighted by Gasteiger charge is -2.19. The lowest BCUT2D eigenvalue weighted by Crippen LogP contribution is -2.26. The van der Waals surface area contributed by atoms with E-state index in [-0.39, 0.29) is 12.5 Å². The van der Waals surface area contributed by atoms with Crippen LogP contribution in [0.4, 0.5) is 0 Å². The maximum atomic E-state index is 11.2. The molecule has 3 nitrogen and oxygen atoms in total. The van der Waals surface area contributed by atoms with Crippen molar-refractivity contribution in [2.75, 3.05) is 13.2 Å². The number of allylic oxidation sites excluding steroid dienone is 3. The average molecular weight is 209 g/mol. The molecule has 0 saturated carbocycles.